The third-order valence-corrected chi connectivity index (χ3v) is 4.59. The van der Waals surface area contributed by atoms with Crippen LogP contribution < -0.4 is 5.73 Å². The molecule has 1 aromatic carbocycles. The lowest BCUT2D eigenvalue weighted by molar-refractivity contribution is 0.0696. The molecule has 0 aliphatic heterocycles. The quantitative estimate of drug-likeness (QED) is 0.820. The number of benzene rings is 1. The van der Waals surface area contributed by atoms with E-state index in [1.165, 1.54) is 0 Å². The van der Waals surface area contributed by atoms with Crippen molar-refractivity contribution in [2.45, 2.75) is 17.6 Å². The third-order valence-electron chi connectivity index (χ3n) is 2.57. The number of carbonyl (C=O) groups is 1. The van der Waals surface area contributed by atoms with E-state index in [0.717, 1.165) is 9.37 Å². The van der Waals surface area contributed by atoms with Gasteiger partial charge in [0.15, 0.2) is 0 Å². The van der Waals surface area contributed by atoms with Gasteiger partial charge in [-0.25, -0.2) is 14.8 Å². The maximum Gasteiger partial charge on any atom is 0.341 e. The number of rotatable bonds is 4. The zero-order valence-corrected chi connectivity index (χ0v) is 13.0. The minimum Gasteiger partial charge on any atom is -0.477 e. The minimum atomic E-state index is -1.11. The molecule has 0 fully saturated rings. The van der Waals surface area contributed by atoms with E-state index in [1.54, 1.807) is 18.7 Å². The molecule has 0 amide bonds. The van der Waals surface area contributed by atoms with E-state index >= 15 is 0 Å². The number of thioether (sulfide) groups is 1. The molecule has 2 rings (SSSR count). The predicted octanol–water partition coefficient (Wildman–Crippen LogP) is 3.12. The molecule has 2 aromatic rings. The van der Waals surface area contributed by atoms with E-state index in [2.05, 4.69) is 25.9 Å². The van der Waals surface area contributed by atoms with Crippen LogP contribution in [0.2, 0.25) is 0 Å². The molecule has 0 atom stereocenters. The van der Waals surface area contributed by atoms with Gasteiger partial charge in [-0.3, -0.25) is 0 Å². The van der Waals surface area contributed by atoms with Gasteiger partial charge in [0.05, 0.1) is 11.4 Å². The van der Waals surface area contributed by atoms with Crippen LogP contribution in [-0.2, 0) is 5.75 Å². The molecule has 1 aromatic heterocycles. The second kappa shape index (κ2) is 6.23. The molecule has 0 spiro atoms. The van der Waals surface area contributed by atoms with E-state index in [0.29, 0.717) is 17.3 Å². The fraction of sp³-hybridized carbons (Fsp3) is 0.154. The largest absolute Gasteiger partial charge is 0.477 e. The van der Waals surface area contributed by atoms with Crippen LogP contribution >= 0.6 is 27.7 Å². The Hall–Kier alpha value is -1.60. The number of aryl methyl sites for hydroxylation is 1. The van der Waals surface area contributed by atoms with Gasteiger partial charge in [0.2, 0.25) is 0 Å². The number of hydrogen-bond donors (Lipinski definition) is 2. The smallest absolute Gasteiger partial charge is 0.341 e. The van der Waals surface area contributed by atoms with Crippen LogP contribution in [0.15, 0.2) is 33.6 Å². The molecule has 3 N–H and O–H groups in total. The SMILES string of the molecule is Cc1nc(CSc2ccccc2Br)nc(N)c1C(=O)O. The number of carboxylic acid groups (broad SMARTS) is 1. The topological polar surface area (TPSA) is 89.1 Å². The second-order valence-corrected chi connectivity index (χ2v) is 5.88. The first-order valence-electron chi connectivity index (χ1n) is 5.72. The van der Waals surface area contributed by atoms with Crippen molar-refractivity contribution in [3.63, 3.8) is 0 Å². The highest BCUT2D eigenvalue weighted by Crippen LogP contribution is 2.29. The van der Waals surface area contributed by atoms with Gasteiger partial charge in [0.25, 0.3) is 0 Å². The molecule has 0 saturated carbocycles. The van der Waals surface area contributed by atoms with Crippen molar-refractivity contribution in [1.29, 1.82) is 0 Å². The lowest BCUT2D eigenvalue weighted by atomic mass is 10.2. The summed E-state index contributed by atoms with van der Waals surface area (Å²) in [5.74, 6) is -0.0587. The van der Waals surface area contributed by atoms with Crippen molar-refractivity contribution in [1.82, 2.24) is 9.97 Å². The highest BCUT2D eigenvalue weighted by Gasteiger charge is 2.15. The Labute approximate surface area is 128 Å². The van der Waals surface area contributed by atoms with Crippen LogP contribution in [-0.4, -0.2) is 21.0 Å². The van der Waals surface area contributed by atoms with Crippen LogP contribution in [0.1, 0.15) is 21.9 Å². The summed E-state index contributed by atoms with van der Waals surface area (Å²) < 4.78 is 0.997. The van der Waals surface area contributed by atoms with Gasteiger partial charge < -0.3 is 10.8 Å². The van der Waals surface area contributed by atoms with E-state index in [4.69, 9.17) is 10.8 Å². The van der Waals surface area contributed by atoms with Crippen LogP contribution in [0.4, 0.5) is 5.82 Å². The summed E-state index contributed by atoms with van der Waals surface area (Å²) >= 11 is 5.02. The Balaban J connectivity index is 2.19. The molecule has 20 heavy (non-hydrogen) atoms. The highest BCUT2D eigenvalue weighted by molar-refractivity contribution is 9.10. The van der Waals surface area contributed by atoms with Crippen LogP contribution in [0.5, 0.6) is 0 Å². The summed E-state index contributed by atoms with van der Waals surface area (Å²) in [7, 11) is 0. The molecule has 0 aliphatic rings. The lowest BCUT2D eigenvalue weighted by Crippen LogP contribution is -2.11. The Morgan fingerprint density at radius 1 is 1.40 bits per heavy atom. The van der Waals surface area contributed by atoms with Gasteiger partial charge in [0.1, 0.15) is 17.2 Å². The van der Waals surface area contributed by atoms with Crippen molar-refractivity contribution in [3.8, 4) is 0 Å². The number of carboxylic acids is 1. The summed E-state index contributed by atoms with van der Waals surface area (Å²) in [5.41, 5.74) is 6.03. The summed E-state index contributed by atoms with van der Waals surface area (Å²) in [6.07, 6.45) is 0. The molecule has 5 nitrogen and oxygen atoms in total. The van der Waals surface area contributed by atoms with Gasteiger partial charge >= 0.3 is 5.97 Å². The maximum absolute atomic E-state index is 11.0. The number of aromatic nitrogens is 2. The monoisotopic (exact) mass is 353 g/mol. The lowest BCUT2D eigenvalue weighted by Gasteiger charge is -2.07. The molecule has 0 radical (unpaired) electrons. The molecule has 104 valence electrons. The Morgan fingerprint density at radius 2 is 2.10 bits per heavy atom. The highest BCUT2D eigenvalue weighted by atomic mass is 79.9. The number of nitrogen functional groups attached to an aromatic ring is 1. The summed E-state index contributed by atoms with van der Waals surface area (Å²) in [6, 6.07) is 7.82. The van der Waals surface area contributed by atoms with Gasteiger partial charge in [-0.05, 0) is 35.0 Å². The van der Waals surface area contributed by atoms with E-state index in [9.17, 15) is 4.79 Å². The Kier molecular flexibility index (Phi) is 4.61. The summed E-state index contributed by atoms with van der Waals surface area (Å²) in [4.78, 5) is 20.3. The fourth-order valence-corrected chi connectivity index (χ4v) is 3.11. The number of anilines is 1. The maximum atomic E-state index is 11.0. The van der Waals surface area contributed by atoms with Crippen molar-refractivity contribution in [3.05, 3.63) is 45.8 Å². The van der Waals surface area contributed by atoms with Gasteiger partial charge in [-0.1, -0.05) is 12.1 Å². The molecule has 0 unspecified atom stereocenters. The minimum absolute atomic E-state index is 0.00715. The average molecular weight is 354 g/mol. The van der Waals surface area contributed by atoms with Crippen LogP contribution in [0.25, 0.3) is 0 Å². The first-order chi connectivity index (χ1) is 9.49. The summed E-state index contributed by atoms with van der Waals surface area (Å²) in [6.45, 7) is 1.62. The zero-order chi connectivity index (χ0) is 14.7. The molecule has 0 bridgehead atoms. The van der Waals surface area contributed by atoms with Gasteiger partial charge in [-0.2, -0.15) is 0 Å². The fourth-order valence-electron chi connectivity index (χ4n) is 1.69. The first-order valence-corrected chi connectivity index (χ1v) is 7.50. The van der Waals surface area contributed by atoms with E-state index in [-0.39, 0.29) is 11.4 Å². The molecule has 1 heterocycles. The second-order valence-electron chi connectivity index (χ2n) is 4.01. The number of halogens is 1. The standard InChI is InChI=1S/C13H12BrN3O2S/c1-7-11(13(18)19)12(15)17-10(16-7)6-20-9-5-3-2-4-8(9)14/h2-5H,6H2,1H3,(H,18,19)(H2,15,16,17). The normalized spacial score (nSPS) is 10.5. The number of hydrogen-bond acceptors (Lipinski definition) is 5. The Bertz CT molecular complexity index is 641. The van der Waals surface area contributed by atoms with Gasteiger partial charge in [-0.15, -0.1) is 11.8 Å². The van der Waals surface area contributed by atoms with Crippen molar-refractivity contribution in [2.75, 3.05) is 5.73 Å². The van der Waals surface area contributed by atoms with Crippen molar-refractivity contribution >= 4 is 39.5 Å². The Morgan fingerprint density at radius 3 is 2.70 bits per heavy atom. The molecule has 0 saturated heterocycles. The predicted molar refractivity (Wildman–Crippen MR) is 81.8 cm³/mol. The zero-order valence-electron chi connectivity index (χ0n) is 10.6. The van der Waals surface area contributed by atoms with Crippen molar-refractivity contribution in [2.24, 2.45) is 0 Å². The van der Waals surface area contributed by atoms with Gasteiger partial charge in [0, 0.05) is 9.37 Å². The number of nitrogens with two attached hydrogens (primary N) is 1. The van der Waals surface area contributed by atoms with E-state index < -0.39 is 5.97 Å². The molecule has 0 aliphatic carbocycles. The van der Waals surface area contributed by atoms with Crippen molar-refractivity contribution < 1.29 is 9.90 Å². The van der Waals surface area contributed by atoms with E-state index in [1.807, 2.05) is 24.3 Å². The van der Waals surface area contributed by atoms with Crippen LogP contribution in [0.3, 0.4) is 0 Å². The van der Waals surface area contributed by atoms with Crippen LogP contribution in [0, 0.1) is 6.92 Å². The molecule has 7 heteroatoms. The third kappa shape index (κ3) is 3.29. The molecular weight excluding hydrogens is 342 g/mol. The summed E-state index contributed by atoms with van der Waals surface area (Å²) in [5, 5.41) is 9.01. The number of nitrogens with zero attached hydrogens (tertiary/aromatic N) is 2. The number of aromatic carboxylic acids is 1. The first kappa shape index (κ1) is 14.8. The molecular formula is C13H12BrN3O2S. The average Bonchev–Trinajstić information content (AvgIpc) is 2.36.